The molecule has 3 rings (SSSR count). The van der Waals surface area contributed by atoms with E-state index < -0.39 is 5.54 Å². The van der Waals surface area contributed by atoms with E-state index in [4.69, 9.17) is 4.42 Å². The van der Waals surface area contributed by atoms with Gasteiger partial charge in [-0.15, -0.1) is 0 Å². The highest BCUT2D eigenvalue weighted by molar-refractivity contribution is 5.98. The highest BCUT2D eigenvalue weighted by atomic mass is 16.3. The van der Waals surface area contributed by atoms with E-state index in [2.05, 4.69) is 5.32 Å². The van der Waals surface area contributed by atoms with E-state index in [-0.39, 0.29) is 12.5 Å². The van der Waals surface area contributed by atoms with Crippen molar-refractivity contribution in [3.05, 3.63) is 48.4 Å². The molecule has 110 valence electrons. The molecule has 1 heterocycles. The molecule has 0 spiro atoms. The van der Waals surface area contributed by atoms with Gasteiger partial charge in [0.15, 0.2) is 5.76 Å². The molecule has 0 bridgehead atoms. The number of carbonyl (C=O) groups is 1. The van der Waals surface area contributed by atoms with E-state index in [0.717, 1.165) is 36.8 Å². The first-order valence-corrected chi connectivity index (χ1v) is 7.30. The van der Waals surface area contributed by atoms with Gasteiger partial charge in [-0.1, -0.05) is 43.2 Å². The molecule has 1 aromatic heterocycles. The molecular formula is C17H19NO3. The van der Waals surface area contributed by atoms with Crippen LogP contribution in [0.25, 0.3) is 11.1 Å². The average molecular weight is 285 g/mol. The highest BCUT2D eigenvalue weighted by Crippen LogP contribution is 2.31. The van der Waals surface area contributed by atoms with Crippen LogP contribution in [0.5, 0.6) is 0 Å². The minimum absolute atomic E-state index is 0.0277. The van der Waals surface area contributed by atoms with Crippen LogP contribution in [-0.4, -0.2) is 23.2 Å². The normalized spacial score (nSPS) is 16.8. The van der Waals surface area contributed by atoms with Gasteiger partial charge in [0.1, 0.15) is 0 Å². The van der Waals surface area contributed by atoms with Gasteiger partial charge in [0, 0.05) is 5.56 Å². The summed E-state index contributed by atoms with van der Waals surface area (Å²) in [6.07, 6.45) is 5.22. The first-order chi connectivity index (χ1) is 10.2. The third kappa shape index (κ3) is 2.72. The van der Waals surface area contributed by atoms with Crippen molar-refractivity contribution in [1.82, 2.24) is 5.32 Å². The predicted octanol–water partition coefficient (Wildman–Crippen LogP) is 2.98. The van der Waals surface area contributed by atoms with Crippen LogP contribution in [0.1, 0.15) is 36.2 Å². The van der Waals surface area contributed by atoms with Gasteiger partial charge in [0.05, 0.1) is 18.4 Å². The number of amides is 1. The summed E-state index contributed by atoms with van der Waals surface area (Å²) in [6.45, 7) is -0.0277. The highest BCUT2D eigenvalue weighted by Gasteiger charge is 2.36. The number of rotatable bonds is 4. The standard InChI is InChI=1S/C17H19NO3/c19-12-17(9-4-5-10-17)18-16(20)15-14(8-11-21-15)13-6-2-1-3-7-13/h1-3,6-8,11,19H,4-5,9-10,12H2,(H,18,20). The SMILES string of the molecule is O=C(NC1(CO)CCCC1)c1occc1-c1ccccc1. The number of aliphatic hydroxyl groups excluding tert-OH is 1. The van der Waals surface area contributed by atoms with Crippen LogP contribution in [0.15, 0.2) is 47.1 Å². The van der Waals surface area contributed by atoms with E-state index in [9.17, 15) is 9.90 Å². The zero-order valence-electron chi connectivity index (χ0n) is 11.8. The molecule has 0 unspecified atom stereocenters. The monoisotopic (exact) mass is 285 g/mol. The van der Waals surface area contributed by atoms with Crippen LogP contribution in [0.3, 0.4) is 0 Å². The van der Waals surface area contributed by atoms with Crippen molar-refractivity contribution in [3.63, 3.8) is 0 Å². The van der Waals surface area contributed by atoms with Crippen molar-refractivity contribution in [2.24, 2.45) is 0 Å². The van der Waals surface area contributed by atoms with Crippen LogP contribution in [0.2, 0.25) is 0 Å². The maximum absolute atomic E-state index is 12.5. The Kier molecular flexibility index (Phi) is 3.80. The number of benzene rings is 1. The van der Waals surface area contributed by atoms with Gasteiger partial charge in [0.2, 0.25) is 0 Å². The van der Waals surface area contributed by atoms with E-state index in [1.807, 2.05) is 30.3 Å². The molecule has 1 fully saturated rings. The third-order valence-electron chi connectivity index (χ3n) is 4.20. The van der Waals surface area contributed by atoms with E-state index >= 15 is 0 Å². The summed E-state index contributed by atoms with van der Waals surface area (Å²) < 4.78 is 5.39. The Balaban J connectivity index is 1.85. The van der Waals surface area contributed by atoms with E-state index in [1.165, 1.54) is 6.26 Å². The Bertz CT molecular complexity index is 612. The topological polar surface area (TPSA) is 62.5 Å². The van der Waals surface area contributed by atoms with Crippen molar-refractivity contribution in [1.29, 1.82) is 0 Å². The number of carbonyl (C=O) groups excluding carboxylic acids is 1. The van der Waals surface area contributed by atoms with E-state index in [1.54, 1.807) is 6.07 Å². The maximum atomic E-state index is 12.5. The first-order valence-electron chi connectivity index (χ1n) is 7.30. The predicted molar refractivity (Wildman–Crippen MR) is 79.9 cm³/mol. The molecule has 2 N–H and O–H groups in total. The molecular weight excluding hydrogens is 266 g/mol. The fraction of sp³-hybridized carbons (Fsp3) is 0.353. The molecule has 0 saturated heterocycles. The molecule has 1 saturated carbocycles. The molecule has 1 amide bonds. The van der Waals surface area contributed by atoms with Gasteiger partial charge in [-0.2, -0.15) is 0 Å². The number of hydrogen-bond acceptors (Lipinski definition) is 3. The average Bonchev–Trinajstić information content (AvgIpc) is 3.17. The number of hydrogen-bond donors (Lipinski definition) is 2. The largest absolute Gasteiger partial charge is 0.459 e. The first kappa shape index (κ1) is 13.9. The lowest BCUT2D eigenvalue weighted by atomic mass is 9.98. The third-order valence-corrected chi connectivity index (χ3v) is 4.20. The van der Waals surface area contributed by atoms with Crippen LogP contribution in [0, 0.1) is 0 Å². The summed E-state index contributed by atoms with van der Waals surface area (Å²) in [5.74, 6) is 0.0516. The van der Waals surface area contributed by atoms with Crippen LogP contribution < -0.4 is 5.32 Å². The summed E-state index contributed by atoms with van der Waals surface area (Å²) in [6, 6.07) is 11.5. The van der Waals surface area contributed by atoms with Crippen molar-refractivity contribution < 1.29 is 14.3 Å². The van der Waals surface area contributed by atoms with Gasteiger partial charge in [-0.3, -0.25) is 4.79 Å². The van der Waals surface area contributed by atoms with Crippen LogP contribution in [0.4, 0.5) is 0 Å². The molecule has 4 nitrogen and oxygen atoms in total. The summed E-state index contributed by atoms with van der Waals surface area (Å²) >= 11 is 0. The Morgan fingerprint density at radius 2 is 1.90 bits per heavy atom. The van der Waals surface area contributed by atoms with E-state index in [0.29, 0.717) is 5.76 Å². The Morgan fingerprint density at radius 3 is 2.57 bits per heavy atom. The molecule has 0 atom stereocenters. The zero-order chi connectivity index (χ0) is 14.7. The van der Waals surface area contributed by atoms with Crippen molar-refractivity contribution in [2.75, 3.05) is 6.61 Å². The summed E-state index contributed by atoms with van der Waals surface area (Å²) in [4.78, 5) is 12.5. The summed E-state index contributed by atoms with van der Waals surface area (Å²) in [5.41, 5.74) is 1.23. The molecule has 1 aromatic carbocycles. The fourth-order valence-corrected chi connectivity index (χ4v) is 3.00. The lowest BCUT2D eigenvalue weighted by molar-refractivity contribution is 0.0811. The van der Waals surface area contributed by atoms with Gasteiger partial charge in [-0.25, -0.2) is 0 Å². The number of furan rings is 1. The summed E-state index contributed by atoms with van der Waals surface area (Å²) in [7, 11) is 0. The second kappa shape index (κ2) is 5.74. The Hall–Kier alpha value is -2.07. The van der Waals surface area contributed by atoms with Crippen molar-refractivity contribution in [3.8, 4) is 11.1 Å². The molecule has 2 aromatic rings. The van der Waals surface area contributed by atoms with Gasteiger partial charge < -0.3 is 14.8 Å². The van der Waals surface area contributed by atoms with Crippen molar-refractivity contribution in [2.45, 2.75) is 31.2 Å². The summed E-state index contributed by atoms with van der Waals surface area (Å²) in [5, 5.41) is 12.6. The number of aliphatic hydroxyl groups is 1. The number of nitrogens with one attached hydrogen (secondary N) is 1. The lowest BCUT2D eigenvalue weighted by Crippen LogP contribution is -2.49. The van der Waals surface area contributed by atoms with Crippen molar-refractivity contribution >= 4 is 5.91 Å². The Labute approximate surface area is 123 Å². The maximum Gasteiger partial charge on any atom is 0.288 e. The zero-order valence-corrected chi connectivity index (χ0v) is 11.8. The molecule has 1 aliphatic carbocycles. The lowest BCUT2D eigenvalue weighted by Gasteiger charge is -2.27. The minimum Gasteiger partial charge on any atom is -0.459 e. The van der Waals surface area contributed by atoms with Gasteiger partial charge >= 0.3 is 0 Å². The molecule has 21 heavy (non-hydrogen) atoms. The second-order valence-corrected chi connectivity index (χ2v) is 5.63. The molecule has 0 radical (unpaired) electrons. The van der Waals surface area contributed by atoms with Gasteiger partial charge in [0.25, 0.3) is 5.91 Å². The molecule has 0 aliphatic heterocycles. The quantitative estimate of drug-likeness (QED) is 0.907. The minimum atomic E-state index is -0.488. The second-order valence-electron chi connectivity index (χ2n) is 5.63. The van der Waals surface area contributed by atoms with Crippen LogP contribution >= 0.6 is 0 Å². The molecule has 4 heteroatoms. The molecule has 1 aliphatic rings. The van der Waals surface area contributed by atoms with Gasteiger partial charge in [-0.05, 0) is 24.5 Å². The smallest absolute Gasteiger partial charge is 0.288 e. The van der Waals surface area contributed by atoms with Crippen LogP contribution in [-0.2, 0) is 0 Å². The Morgan fingerprint density at radius 1 is 1.19 bits per heavy atom. The fourth-order valence-electron chi connectivity index (χ4n) is 3.00.